The highest BCUT2D eigenvalue weighted by Gasteiger charge is 2.48. The molecule has 0 aliphatic carbocycles. The normalized spacial score (nSPS) is 17.2. The number of aromatic nitrogens is 1. The number of hydrogen-bond donors (Lipinski definition) is 1. The summed E-state index contributed by atoms with van der Waals surface area (Å²) in [7, 11) is 0. The molecule has 0 spiro atoms. The van der Waals surface area contributed by atoms with E-state index in [0.717, 1.165) is 21.4 Å². The maximum atomic E-state index is 13.4. The second-order valence-corrected chi connectivity index (χ2v) is 9.82. The molecule has 9 heteroatoms. The van der Waals surface area contributed by atoms with Gasteiger partial charge in [0, 0.05) is 17.7 Å². The van der Waals surface area contributed by atoms with Gasteiger partial charge in [-0.1, -0.05) is 59.4 Å². The Balaban J connectivity index is 1.76. The number of non-ortho nitro benzene ring substituents is 1. The van der Waals surface area contributed by atoms with Crippen LogP contribution < -0.4 is 4.90 Å². The Kier molecular flexibility index (Phi) is 5.64. The van der Waals surface area contributed by atoms with Crippen molar-refractivity contribution in [1.82, 2.24) is 4.98 Å². The molecule has 0 bridgehead atoms. The number of nitro benzene ring substituents is 1. The van der Waals surface area contributed by atoms with Gasteiger partial charge in [0.25, 0.3) is 11.5 Å². The van der Waals surface area contributed by atoms with Gasteiger partial charge < -0.3 is 5.11 Å². The highest BCUT2D eigenvalue weighted by atomic mass is 32.1. The second kappa shape index (κ2) is 8.69. The van der Waals surface area contributed by atoms with Crippen molar-refractivity contribution < 1.29 is 19.6 Å². The van der Waals surface area contributed by atoms with Crippen LogP contribution in [-0.4, -0.2) is 26.7 Å². The van der Waals surface area contributed by atoms with E-state index in [1.165, 1.54) is 34.4 Å². The standard InChI is InChI=1S/C27H21N3O5S/c1-14-7-9-17(10-8-14)24(31)21-23(18-5-4-6-19(13-18)30(34)35)29(26(33)25(21)32)27-28-22-16(3)11-15(2)12-20(22)36-27/h4-13,23,31H,1-3H3. The van der Waals surface area contributed by atoms with Gasteiger partial charge in [0.2, 0.25) is 0 Å². The number of nitrogens with zero attached hydrogens (tertiary/aromatic N) is 3. The highest BCUT2D eigenvalue weighted by molar-refractivity contribution is 7.22. The molecule has 1 N–H and O–H groups in total. The Morgan fingerprint density at radius 1 is 1.03 bits per heavy atom. The van der Waals surface area contributed by atoms with Gasteiger partial charge in [-0.25, -0.2) is 4.98 Å². The van der Waals surface area contributed by atoms with Gasteiger partial charge >= 0.3 is 5.91 Å². The lowest BCUT2D eigenvalue weighted by Gasteiger charge is -2.22. The molecule has 1 amide bonds. The molecule has 180 valence electrons. The number of aliphatic hydroxyl groups excluding tert-OH is 1. The van der Waals surface area contributed by atoms with E-state index in [0.29, 0.717) is 16.6 Å². The maximum Gasteiger partial charge on any atom is 0.301 e. The molecule has 1 fully saturated rings. The van der Waals surface area contributed by atoms with Crippen molar-refractivity contribution in [2.45, 2.75) is 26.8 Å². The molecule has 1 aliphatic heterocycles. The number of anilines is 1. The molecule has 4 aromatic rings. The van der Waals surface area contributed by atoms with Gasteiger partial charge in [-0.05, 0) is 43.5 Å². The lowest BCUT2D eigenvalue weighted by atomic mass is 9.95. The van der Waals surface area contributed by atoms with Crippen molar-refractivity contribution >= 4 is 49.8 Å². The fourth-order valence-electron chi connectivity index (χ4n) is 4.48. The molecule has 0 saturated carbocycles. The number of ketones is 1. The highest BCUT2D eigenvalue weighted by Crippen LogP contribution is 2.45. The topological polar surface area (TPSA) is 114 Å². The van der Waals surface area contributed by atoms with Crippen LogP contribution in [0.15, 0.2) is 66.2 Å². The van der Waals surface area contributed by atoms with Crippen molar-refractivity contribution in [2.75, 3.05) is 4.90 Å². The second-order valence-electron chi connectivity index (χ2n) is 8.81. The summed E-state index contributed by atoms with van der Waals surface area (Å²) in [6, 6.07) is 15.5. The molecule has 1 saturated heterocycles. The van der Waals surface area contributed by atoms with Gasteiger partial charge in [-0.2, -0.15) is 0 Å². The summed E-state index contributed by atoms with van der Waals surface area (Å²) in [5.41, 5.74) is 3.98. The van der Waals surface area contributed by atoms with E-state index >= 15 is 0 Å². The number of amides is 1. The van der Waals surface area contributed by atoms with Crippen LogP contribution in [0.25, 0.3) is 16.0 Å². The average Bonchev–Trinajstić information content (AvgIpc) is 3.38. The van der Waals surface area contributed by atoms with Gasteiger partial charge in [0.15, 0.2) is 5.13 Å². The third-order valence-electron chi connectivity index (χ3n) is 6.19. The minimum atomic E-state index is -1.09. The quantitative estimate of drug-likeness (QED) is 0.126. The molecular formula is C27H21N3O5S. The average molecular weight is 500 g/mol. The summed E-state index contributed by atoms with van der Waals surface area (Å²) in [6.07, 6.45) is 0. The Bertz CT molecular complexity index is 1600. The first-order valence-corrected chi connectivity index (χ1v) is 12.0. The number of carbonyl (C=O) groups excluding carboxylic acids is 2. The largest absolute Gasteiger partial charge is 0.507 e. The van der Waals surface area contributed by atoms with E-state index in [2.05, 4.69) is 4.98 Å². The zero-order valence-corrected chi connectivity index (χ0v) is 20.5. The van der Waals surface area contributed by atoms with Crippen molar-refractivity contribution in [3.63, 3.8) is 0 Å². The minimum Gasteiger partial charge on any atom is -0.507 e. The van der Waals surface area contributed by atoms with E-state index in [9.17, 15) is 24.8 Å². The minimum absolute atomic E-state index is 0.142. The molecule has 1 aliphatic rings. The number of fused-ring (bicyclic) bond motifs is 1. The molecular weight excluding hydrogens is 478 g/mol. The summed E-state index contributed by atoms with van der Waals surface area (Å²) in [4.78, 5) is 43.6. The first kappa shape index (κ1) is 23.4. The van der Waals surface area contributed by atoms with Crippen LogP contribution in [0.1, 0.15) is 33.9 Å². The molecule has 1 aromatic heterocycles. The van der Waals surface area contributed by atoms with Crippen molar-refractivity contribution in [1.29, 1.82) is 0 Å². The zero-order chi connectivity index (χ0) is 25.7. The molecule has 2 heterocycles. The molecule has 1 unspecified atom stereocenters. The van der Waals surface area contributed by atoms with Crippen LogP contribution in [0.2, 0.25) is 0 Å². The number of nitro groups is 1. The Morgan fingerprint density at radius 3 is 2.44 bits per heavy atom. The van der Waals surface area contributed by atoms with Crippen LogP contribution in [0.3, 0.4) is 0 Å². The monoisotopic (exact) mass is 499 g/mol. The predicted octanol–water partition coefficient (Wildman–Crippen LogP) is 5.76. The number of aliphatic hydroxyl groups is 1. The number of thiazole rings is 1. The number of rotatable bonds is 4. The van der Waals surface area contributed by atoms with Crippen molar-refractivity contribution in [3.8, 4) is 0 Å². The number of benzene rings is 3. The van der Waals surface area contributed by atoms with E-state index in [1.807, 2.05) is 32.9 Å². The van der Waals surface area contributed by atoms with Gasteiger partial charge in [-0.3, -0.25) is 24.6 Å². The van der Waals surface area contributed by atoms with Crippen molar-refractivity contribution in [3.05, 3.63) is 104 Å². The van der Waals surface area contributed by atoms with Crippen LogP contribution in [0, 0.1) is 30.9 Å². The Morgan fingerprint density at radius 2 is 1.75 bits per heavy atom. The molecule has 0 radical (unpaired) electrons. The van der Waals surface area contributed by atoms with E-state index < -0.39 is 22.7 Å². The van der Waals surface area contributed by atoms with Gasteiger partial charge in [0.05, 0.1) is 26.8 Å². The van der Waals surface area contributed by atoms with Crippen LogP contribution in [0.5, 0.6) is 0 Å². The fourth-order valence-corrected chi connectivity index (χ4v) is 5.65. The third kappa shape index (κ3) is 3.83. The maximum absolute atomic E-state index is 13.4. The molecule has 1 atom stereocenters. The number of Topliss-reactive ketones (excluding diaryl/α,β-unsaturated/α-hetero) is 1. The third-order valence-corrected chi connectivity index (χ3v) is 7.19. The zero-order valence-electron chi connectivity index (χ0n) is 19.7. The molecule has 8 nitrogen and oxygen atoms in total. The summed E-state index contributed by atoms with van der Waals surface area (Å²) < 4.78 is 0.848. The van der Waals surface area contributed by atoms with E-state index in [1.54, 1.807) is 30.3 Å². The summed E-state index contributed by atoms with van der Waals surface area (Å²) in [6.45, 7) is 5.77. The smallest absolute Gasteiger partial charge is 0.301 e. The van der Waals surface area contributed by atoms with E-state index in [4.69, 9.17) is 0 Å². The molecule has 36 heavy (non-hydrogen) atoms. The van der Waals surface area contributed by atoms with Crippen molar-refractivity contribution in [2.24, 2.45) is 0 Å². The number of aryl methyl sites for hydroxylation is 3. The first-order chi connectivity index (χ1) is 17.2. The lowest BCUT2D eigenvalue weighted by Crippen LogP contribution is -2.29. The van der Waals surface area contributed by atoms with E-state index in [-0.39, 0.29) is 22.2 Å². The molecule has 5 rings (SSSR count). The van der Waals surface area contributed by atoms with Gasteiger partial charge in [-0.15, -0.1) is 0 Å². The summed E-state index contributed by atoms with van der Waals surface area (Å²) in [5.74, 6) is -2.08. The molecule has 3 aromatic carbocycles. The number of carbonyl (C=O) groups is 2. The summed E-state index contributed by atoms with van der Waals surface area (Å²) >= 11 is 1.25. The van der Waals surface area contributed by atoms with Gasteiger partial charge in [0.1, 0.15) is 5.76 Å². The van der Waals surface area contributed by atoms with Crippen LogP contribution >= 0.6 is 11.3 Å². The summed E-state index contributed by atoms with van der Waals surface area (Å²) in [5, 5.41) is 23.0. The lowest BCUT2D eigenvalue weighted by molar-refractivity contribution is -0.384. The fraction of sp³-hybridized carbons (Fsp3) is 0.148. The Labute approximate surface area is 210 Å². The van der Waals surface area contributed by atoms with Crippen LogP contribution in [0.4, 0.5) is 10.8 Å². The Hall–Kier alpha value is -4.37. The number of hydrogen-bond acceptors (Lipinski definition) is 7. The van der Waals surface area contributed by atoms with Crippen LogP contribution in [-0.2, 0) is 9.59 Å². The first-order valence-electron chi connectivity index (χ1n) is 11.2. The SMILES string of the molecule is Cc1ccc(C(O)=C2C(=O)C(=O)N(c3nc4c(C)cc(C)cc4s3)C2c2cccc([N+](=O)[O-])c2)cc1. The predicted molar refractivity (Wildman–Crippen MR) is 138 cm³/mol.